The van der Waals surface area contributed by atoms with Crippen molar-refractivity contribution in [3.8, 4) is 0 Å². The second-order valence-corrected chi connectivity index (χ2v) is 4.41. The van der Waals surface area contributed by atoms with E-state index in [1.165, 1.54) is 0 Å². The maximum atomic E-state index is 5.69. The molecule has 0 aliphatic carbocycles. The number of morpholine rings is 1. The molecule has 2 heterocycles. The normalized spacial score (nSPS) is 21.5. The van der Waals surface area contributed by atoms with Crippen LogP contribution in [0.4, 0.5) is 5.82 Å². The number of aromatic nitrogens is 2. The van der Waals surface area contributed by atoms with Crippen molar-refractivity contribution in [2.24, 2.45) is 5.84 Å². The minimum atomic E-state index is -0.0693. The number of hydrogen-bond donors (Lipinski definition) is 2. The number of hydrogen-bond acceptors (Lipinski definition) is 6. The van der Waals surface area contributed by atoms with E-state index in [-0.39, 0.29) is 6.10 Å². The van der Waals surface area contributed by atoms with Gasteiger partial charge in [0, 0.05) is 24.3 Å². The van der Waals surface area contributed by atoms with Gasteiger partial charge in [-0.1, -0.05) is 0 Å². The van der Waals surface area contributed by atoms with Crippen molar-refractivity contribution in [1.82, 2.24) is 14.9 Å². The van der Waals surface area contributed by atoms with Crippen LogP contribution in [-0.2, 0) is 4.74 Å². The quantitative estimate of drug-likeness (QED) is 0.572. The van der Waals surface area contributed by atoms with Crippen LogP contribution in [0.15, 0.2) is 0 Å². The fourth-order valence-corrected chi connectivity index (χ4v) is 1.87. The molecule has 94 valence electrons. The number of hydrazine groups is 1. The third-order valence-corrected chi connectivity index (χ3v) is 3.10. The standard InChI is InChI=1S/C11H19N5O/c1-7-8(2)13-11(14-10(7)15-12)9-6-16(3)4-5-17-9/h9H,4-6,12H2,1-3H3,(H,13,14,15). The number of nitrogens with zero attached hydrogens (tertiary/aromatic N) is 3. The maximum absolute atomic E-state index is 5.69. The Morgan fingerprint density at radius 2 is 2.18 bits per heavy atom. The third kappa shape index (κ3) is 2.54. The highest BCUT2D eigenvalue weighted by atomic mass is 16.5. The van der Waals surface area contributed by atoms with Crippen molar-refractivity contribution in [2.75, 3.05) is 32.2 Å². The number of aryl methyl sites for hydroxylation is 1. The summed E-state index contributed by atoms with van der Waals surface area (Å²) in [5.41, 5.74) is 4.51. The molecule has 1 aromatic heterocycles. The zero-order chi connectivity index (χ0) is 12.4. The molecule has 1 fully saturated rings. The summed E-state index contributed by atoms with van der Waals surface area (Å²) >= 11 is 0. The van der Waals surface area contributed by atoms with Gasteiger partial charge in [-0.2, -0.15) is 0 Å². The monoisotopic (exact) mass is 237 g/mol. The molecule has 1 atom stereocenters. The highest BCUT2D eigenvalue weighted by molar-refractivity contribution is 5.44. The molecule has 1 saturated heterocycles. The van der Waals surface area contributed by atoms with Crippen molar-refractivity contribution in [3.05, 3.63) is 17.1 Å². The summed E-state index contributed by atoms with van der Waals surface area (Å²) in [6.45, 7) is 6.37. The molecule has 1 aliphatic rings. The number of nitrogens with two attached hydrogens (primary N) is 1. The highest BCUT2D eigenvalue weighted by Crippen LogP contribution is 2.22. The number of rotatable bonds is 2. The lowest BCUT2D eigenvalue weighted by Gasteiger charge is -2.29. The van der Waals surface area contributed by atoms with Gasteiger partial charge in [0.25, 0.3) is 0 Å². The van der Waals surface area contributed by atoms with Crippen molar-refractivity contribution in [2.45, 2.75) is 20.0 Å². The van der Waals surface area contributed by atoms with Crippen molar-refractivity contribution in [1.29, 1.82) is 0 Å². The van der Waals surface area contributed by atoms with Gasteiger partial charge in [0.05, 0.1) is 6.61 Å². The van der Waals surface area contributed by atoms with Crippen LogP contribution in [0.3, 0.4) is 0 Å². The molecule has 1 aromatic rings. The van der Waals surface area contributed by atoms with E-state index in [1.807, 2.05) is 13.8 Å². The van der Waals surface area contributed by atoms with Gasteiger partial charge in [-0.3, -0.25) is 0 Å². The zero-order valence-electron chi connectivity index (χ0n) is 10.5. The molecule has 17 heavy (non-hydrogen) atoms. The Hall–Kier alpha value is -1.24. The minimum absolute atomic E-state index is 0.0693. The van der Waals surface area contributed by atoms with E-state index in [2.05, 4.69) is 27.3 Å². The topological polar surface area (TPSA) is 76.3 Å². The van der Waals surface area contributed by atoms with E-state index in [0.29, 0.717) is 18.2 Å². The fraction of sp³-hybridized carbons (Fsp3) is 0.636. The molecule has 6 heteroatoms. The van der Waals surface area contributed by atoms with Crippen LogP contribution in [0.1, 0.15) is 23.2 Å². The largest absolute Gasteiger partial charge is 0.368 e. The highest BCUT2D eigenvalue weighted by Gasteiger charge is 2.23. The Morgan fingerprint density at radius 1 is 1.41 bits per heavy atom. The summed E-state index contributed by atoms with van der Waals surface area (Å²) in [6, 6.07) is 0. The second kappa shape index (κ2) is 4.95. The van der Waals surface area contributed by atoms with E-state index in [4.69, 9.17) is 10.6 Å². The van der Waals surface area contributed by atoms with Crippen molar-refractivity contribution < 1.29 is 4.74 Å². The average Bonchev–Trinajstić information content (AvgIpc) is 2.32. The maximum Gasteiger partial charge on any atom is 0.161 e. The molecule has 1 aliphatic heterocycles. The second-order valence-electron chi connectivity index (χ2n) is 4.41. The van der Waals surface area contributed by atoms with Gasteiger partial charge >= 0.3 is 0 Å². The number of anilines is 1. The Kier molecular flexibility index (Phi) is 3.56. The van der Waals surface area contributed by atoms with Gasteiger partial charge in [-0.15, -0.1) is 0 Å². The third-order valence-electron chi connectivity index (χ3n) is 3.10. The molecule has 0 aromatic carbocycles. The molecular formula is C11H19N5O. The lowest BCUT2D eigenvalue weighted by molar-refractivity contribution is -0.0255. The molecule has 0 amide bonds. The minimum Gasteiger partial charge on any atom is -0.368 e. The van der Waals surface area contributed by atoms with Gasteiger partial charge in [-0.25, -0.2) is 15.8 Å². The number of likely N-dealkylation sites (N-methyl/N-ethyl adjacent to an activating group) is 1. The van der Waals surface area contributed by atoms with E-state index >= 15 is 0 Å². The first-order valence-corrected chi connectivity index (χ1v) is 5.73. The number of nitrogens with one attached hydrogen (secondary N) is 1. The van der Waals surface area contributed by atoms with Crippen LogP contribution in [0.5, 0.6) is 0 Å². The first-order valence-electron chi connectivity index (χ1n) is 5.73. The van der Waals surface area contributed by atoms with E-state index in [9.17, 15) is 0 Å². The Bertz CT molecular complexity index is 409. The Morgan fingerprint density at radius 3 is 2.82 bits per heavy atom. The van der Waals surface area contributed by atoms with Gasteiger partial charge < -0.3 is 15.1 Å². The zero-order valence-corrected chi connectivity index (χ0v) is 10.5. The van der Waals surface area contributed by atoms with Crippen LogP contribution in [0.2, 0.25) is 0 Å². The fourth-order valence-electron chi connectivity index (χ4n) is 1.87. The number of ether oxygens (including phenoxy) is 1. The molecule has 0 spiro atoms. The Labute approximate surface area is 101 Å². The van der Waals surface area contributed by atoms with Crippen LogP contribution in [0.25, 0.3) is 0 Å². The predicted octanol–water partition coefficient (Wildman–Crippen LogP) is 0.382. The summed E-state index contributed by atoms with van der Waals surface area (Å²) in [6.07, 6.45) is -0.0693. The first kappa shape index (κ1) is 12.2. The van der Waals surface area contributed by atoms with Crippen LogP contribution < -0.4 is 11.3 Å². The lowest BCUT2D eigenvalue weighted by atomic mass is 10.2. The summed E-state index contributed by atoms with van der Waals surface area (Å²) in [5, 5.41) is 0. The molecule has 2 rings (SSSR count). The summed E-state index contributed by atoms with van der Waals surface area (Å²) in [7, 11) is 2.07. The van der Waals surface area contributed by atoms with E-state index in [1.54, 1.807) is 0 Å². The number of nitrogen functional groups attached to an aromatic ring is 1. The molecule has 3 N–H and O–H groups in total. The smallest absolute Gasteiger partial charge is 0.161 e. The van der Waals surface area contributed by atoms with Crippen LogP contribution >= 0.6 is 0 Å². The summed E-state index contributed by atoms with van der Waals surface area (Å²) in [4.78, 5) is 11.1. The molecule has 0 radical (unpaired) electrons. The molecular weight excluding hydrogens is 218 g/mol. The summed E-state index contributed by atoms with van der Waals surface area (Å²) < 4.78 is 5.69. The van der Waals surface area contributed by atoms with Gasteiger partial charge in [-0.05, 0) is 20.9 Å². The van der Waals surface area contributed by atoms with Gasteiger partial charge in [0.1, 0.15) is 11.9 Å². The van der Waals surface area contributed by atoms with Gasteiger partial charge in [0.2, 0.25) is 0 Å². The molecule has 6 nitrogen and oxygen atoms in total. The van der Waals surface area contributed by atoms with Crippen molar-refractivity contribution >= 4 is 5.82 Å². The summed E-state index contributed by atoms with van der Waals surface area (Å²) in [5.74, 6) is 6.83. The predicted molar refractivity (Wildman–Crippen MR) is 65.5 cm³/mol. The van der Waals surface area contributed by atoms with Crippen LogP contribution in [0, 0.1) is 13.8 Å². The molecule has 1 unspecified atom stereocenters. The van der Waals surface area contributed by atoms with E-state index in [0.717, 1.165) is 24.3 Å². The Balaban J connectivity index is 2.29. The van der Waals surface area contributed by atoms with Gasteiger partial charge in [0.15, 0.2) is 5.82 Å². The molecule has 0 saturated carbocycles. The molecule has 0 bridgehead atoms. The van der Waals surface area contributed by atoms with E-state index < -0.39 is 0 Å². The first-order chi connectivity index (χ1) is 8.11. The van der Waals surface area contributed by atoms with Crippen LogP contribution in [-0.4, -0.2) is 41.6 Å². The SMILES string of the molecule is Cc1nc(C2CN(C)CCO2)nc(NN)c1C. The average molecular weight is 237 g/mol. The van der Waals surface area contributed by atoms with Crippen molar-refractivity contribution in [3.63, 3.8) is 0 Å². The lowest BCUT2D eigenvalue weighted by Crippen LogP contribution is -2.36.